The molecule has 1 unspecified atom stereocenters. The van der Waals surface area contributed by atoms with Crippen molar-refractivity contribution >= 4 is 17.6 Å². The molecule has 2 rings (SSSR count). The molecule has 0 aliphatic rings. The highest BCUT2D eigenvalue weighted by Crippen LogP contribution is 2.19. The normalized spacial score (nSPS) is 12.0. The monoisotopic (exact) mass is 287 g/mol. The zero-order chi connectivity index (χ0) is 15.6. The first kappa shape index (κ1) is 14.8. The molecule has 0 saturated carbocycles. The molecular weight excluding hydrogens is 270 g/mol. The molecule has 0 bridgehead atoms. The van der Waals surface area contributed by atoms with Gasteiger partial charge in [0.05, 0.1) is 17.2 Å². The van der Waals surface area contributed by atoms with Gasteiger partial charge in [-0.2, -0.15) is 5.10 Å². The summed E-state index contributed by atoms with van der Waals surface area (Å²) < 4.78 is 1.59. The van der Waals surface area contributed by atoms with E-state index in [0.717, 1.165) is 0 Å². The summed E-state index contributed by atoms with van der Waals surface area (Å²) in [6.45, 7) is 3.39. The van der Waals surface area contributed by atoms with Gasteiger partial charge < -0.3 is 10.4 Å². The number of amides is 1. The maximum Gasteiger partial charge on any atom is 0.310 e. The van der Waals surface area contributed by atoms with Gasteiger partial charge in [-0.25, -0.2) is 0 Å². The summed E-state index contributed by atoms with van der Waals surface area (Å²) in [4.78, 5) is 23.0. The van der Waals surface area contributed by atoms with E-state index in [1.54, 1.807) is 56.0 Å². The smallest absolute Gasteiger partial charge is 0.310 e. The molecule has 2 N–H and O–H groups in total. The van der Waals surface area contributed by atoms with Crippen molar-refractivity contribution in [3.8, 4) is 0 Å². The molecule has 0 saturated heterocycles. The van der Waals surface area contributed by atoms with Crippen LogP contribution in [0.15, 0.2) is 30.5 Å². The first-order chi connectivity index (χ1) is 9.88. The zero-order valence-electron chi connectivity index (χ0n) is 12.1. The van der Waals surface area contributed by atoms with Crippen molar-refractivity contribution in [1.29, 1.82) is 0 Å². The molecule has 1 aromatic heterocycles. The summed E-state index contributed by atoms with van der Waals surface area (Å²) in [5, 5.41) is 15.8. The summed E-state index contributed by atoms with van der Waals surface area (Å²) in [5.74, 6) is -1.69. The minimum absolute atomic E-state index is 0.236. The SMILES string of the molecule is Cc1nn(C)cc1C(=O)Nc1ccc(C(C)C(=O)O)cc1. The Morgan fingerprint density at radius 1 is 1.29 bits per heavy atom. The van der Waals surface area contributed by atoms with Crippen LogP contribution < -0.4 is 5.32 Å². The number of hydrogen-bond acceptors (Lipinski definition) is 3. The van der Waals surface area contributed by atoms with Gasteiger partial charge in [-0.3, -0.25) is 14.3 Å². The molecule has 6 nitrogen and oxygen atoms in total. The summed E-state index contributed by atoms with van der Waals surface area (Å²) >= 11 is 0. The number of nitrogens with zero attached hydrogens (tertiary/aromatic N) is 2. The third-order valence-corrected chi connectivity index (χ3v) is 3.30. The lowest BCUT2D eigenvalue weighted by atomic mass is 10.0. The second-order valence-electron chi connectivity index (χ2n) is 4.94. The number of nitrogens with one attached hydrogen (secondary N) is 1. The molecule has 0 aliphatic carbocycles. The van der Waals surface area contributed by atoms with E-state index in [1.807, 2.05) is 0 Å². The predicted octanol–water partition coefficient (Wildman–Crippen LogP) is 2.17. The van der Waals surface area contributed by atoms with E-state index in [-0.39, 0.29) is 5.91 Å². The van der Waals surface area contributed by atoms with E-state index in [0.29, 0.717) is 22.5 Å². The fourth-order valence-electron chi connectivity index (χ4n) is 2.02. The van der Waals surface area contributed by atoms with Crippen LogP contribution >= 0.6 is 0 Å². The van der Waals surface area contributed by atoms with Gasteiger partial charge in [0, 0.05) is 18.9 Å². The van der Waals surface area contributed by atoms with Crippen molar-refractivity contribution < 1.29 is 14.7 Å². The van der Waals surface area contributed by atoms with Crippen LogP contribution in [-0.4, -0.2) is 26.8 Å². The van der Waals surface area contributed by atoms with Crippen LogP contribution in [0.2, 0.25) is 0 Å². The topological polar surface area (TPSA) is 84.2 Å². The number of carbonyl (C=O) groups is 2. The van der Waals surface area contributed by atoms with Gasteiger partial charge in [-0.15, -0.1) is 0 Å². The van der Waals surface area contributed by atoms with Crippen molar-refractivity contribution in [1.82, 2.24) is 9.78 Å². The molecule has 6 heteroatoms. The van der Waals surface area contributed by atoms with Crippen molar-refractivity contribution in [3.63, 3.8) is 0 Å². The largest absolute Gasteiger partial charge is 0.481 e. The lowest BCUT2D eigenvalue weighted by Gasteiger charge is -2.08. The first-order valence-electron chi connectivity index (χ1n) is 6.53. The number of carboxylic acid groups (broad SMARTS) is 1. The Morgan fingerprint density at radius 3 is 2.38 bits per heavy atom. The maximum atomic E-state index is 12.1. The van der Waals surface area contributed by atoms with Crippen molar-refractivity contribution in [2.75, 3.05) is 5.32 Å². The Balaban J connectivity index is 2.12. The third kappa shape index (κ3) is 3.28. The van der Waals surface area contributed by atoms with Gasteiger partial charge in [0.15, 0.2) is 0 Å². The highest BCUT2D eigenvalue weighted by Gasteiger charge is 2.15. The van der Waals surface area contributed by atoms with Gasteiger partial charge in [-0.05, 0) is 31.5 Å². The molecule has 0 aliphatic heterocycles. The number of aliphatic carboxylic acids is 1. The van der Waals surface area contributed by atoms with Gasteiger partial charge >= 0.3 is 5.97 Å². The molecule has 21 heavy (non-hydrogen) atoms. The highest BCUT2D eigenvalue weighted by atomic mass is 16.4. The molecule has 2 aromatic rings. The molecule has 0 fully saturated rings. The molecule has 1 atom stereocenters. The Labute approximate surface area is 122 Å². The number of rotatable bonds is 4. The van der Waals surface area contributed by atoms with Crippen molar-refractivity contribution in [2.24, 2.45) is 7.05 Å². The molecule has 110 valence electrons. The van der Waals surface area contributed by atoms with Crippen LogP contribution in [-0.2, 0) is 11.8 Å². The number of hydrogen-bond donors (Lipinski definition) is 2. The summed E-state index contributed by atoms with van der Waals surface area (Å²) in [7, 11) is 1.76. The molecule has 0 radical (unpaired) electrons. The first-order valence-corrected chi connectivity index (χ1v) is 6.53. The second kappa shape index (κ2) is 5.78. The fraction of sp³-hybridized carbons (Fsp3) is 0.267. The van der Waals surface area contributed by atoms with Crippen LogP contribution in [0.5, 0.6) is 0 Å². The number of anilines is 1. The lowest BCUT2D eigenvalue weighted by Crippen LogP contribution is -2.12. The lowest BCUT2D eigenvalue weighted by molar-refractivity contribution is -0.138. The van der Waals surface area contributed by atoms with Crippen molar-refractivity contribution in [3.05, 3.63) is 47.3 Å². The summed E-state index contributed by atoms with van der Waals surface area (Å²) in [5.41, 5.74) is 2.48. The number of carboxylic acids is 1. The van der Waals surface area contributed by atoms with E-state index in [2.05, 4.69) is 10.4 Å². The van der Waals surface area contributed by atoms with Gasteiger partial charge in [0.25, 0.3) is 5.91 Å². The minimum atomic E-state index is -0.877. The third-order valence-electron chi connectivity index (χ3n) is 3.30. The average Bonchev–Trinajstić information content (AvgIpc) is 2.77. The number of carbonyl (C=O) groups excluding carboxylic acids is 1. The van der Waals surface area contributed by atoms with Crippen LogP contribution in [0.3, 0.4) is 0 Å². The summed E-state index contributed by atoms with van der Waals surface area (Å²) in [6.07, 6.45) is 1.66. The minimum Gasteiger partial charge on any atom is -0.481 e. The fourth-order valence-corrected chi connectivity index (χ4v) is 2.02. The predicted molar refractivity (Wildman–Crippen MR) is 78.4 cm³/mol. The summed E-state index contributed by atoms with van der Waals surface area (Å²) in [6, 6.07) is 6.78. The molecule has 1 amide bonds. The van der Waals surface area contributed by atoms with Crippen LogP contribution in [0.1, 0.15) is 34.5 Å². The molecule has 1 aromatic carbocycles. The maximum absolute atomic E-state index is 12.1. The number of aromatic nitrogens is 2. The van der Waals surface area contributed by atoms with E-state index < -0.39 is 11.9 Å². The van der Waals surface area contributed by atoms with Crippen molar-refractivity contribution in [2.45, 2.75) is 19.8 Å². The second-order valence-corrected chi connectivity index (χ2v) is 4.94. The zero-order valence-corrected chi connectivity index (χ0v) is 12.1. The Kier molecular flexibility index (Phi) is 4.07. The quantitative estimate of drug-likeness (QED) is 0.902. The van der Waals surface area contributed by atoms with E-state index in [9.17, 15) is 9.59 Å². The highest BCUT2D eigenvalue weighted by molar-refractivity contribution is 6.04. The number of benzene rings is 1. The Bertz CT molecular complexity index is 674. The average molecular weight is 287 g/mol. The number of aryl methyl sites for hydroxylation is 2. The molecular formula is C15H17N3O3. The van der Waals surface area contributed by atoms with E-state index in [4.69, 9.17) is 5.11 Å². The van der Waals surface area contributed by atoms with Crippen LogP contribution in [0, 0.1) is 6.92 Å². The Hall–Kier alpha value is -2.63. The molecule has 1 heterocycles. The van der Waals surface area contributed by atoms with Gasteiger partial charge in [0.1, 0.15) is 0 Å². The standard InChI is InChI=1S/C15H17N3O3/c1-9(15(20)21)11-4-6-12(7-5-11)16-14(19)13-8-18(3)17-10(13)2/h4-9H,1-3H3,(H,16,19)(H,20,21). The van der Waals surface area contributed by atoms with E-state index >= 15 is 0 Å². The van der Waals surface area contributed by atoms with Crippen LogP contribution in [0.25, 0.3) is 0 Å². The van der Waals surface area contributed by atoms with Gasteiger partial charge in [0.2, 0.25) is 0 Å². The molecule has 0 spiro atoms. The van der Waals surface area contributed by atoms with Gasteiger partial charge in [-0.1, -0.05) is 12.1 Å². The van der Waals surface area contributed by atoms with E-state index in [1.165, 1.54) is 0 Å². The van der Waals surface area contributed by atoms with Crippen LogP contribution in [0.4, 0.5) is 5.69 Å². The Morgan fingerprint density at radius 2 is 1.90 bits per heavy atom.